The van der Waals surface area contributed by atoms with Crippen molar-refractivity contribution in [2.24, 2.45) is 0 Å². The van der Waals surface area contributed by atoms with Gasteiger partial charge in [-0.3, -0.25) is 19.0 Å². The van der Waals surface area contributed by atoms with Crippen molar-refractivity contribution in [2.75, 3.05) is 18.8 Å². The van der Waals surface area contributed by atoms with Gasteiger partial charge in [0.15, 0.2) is 5.16 Å². The minimum atomic E-state index is -0.154. The summed E-state index contributed by atoms with van der Waals surface area (Å²) in [7, 11) is 0. The Balaban J connectivity index is 1.53. The largest absolute Gasteiger partial charge is 0.353 e. The molecule has 8 heteroatoms. The first-order chi connectivity index (χ1) is 15.4. The first kappa shape index (κ1) is 22.1. The molecule has 2 amide bonds. The zero-order chi connectivity index (χ0) is 22.7. The minimum absolute atomic E-state index is 0.0579. The van der Waals surface area contributed by atoms with Crippen molar-refractivity contribution in [1.82, 2.24) is 19.8 Å². The quantitative estimate of drug-likeness (QED) is 0.477. The second kappa shape index (κ2) is 9.56. The van der Waals surface area contributed by atoms with E-state index >= 15 is 0 Å². The van der Waals surface area contributed by atoms with E-state index in [0.29, 0.717) is 29.1 Å². The van der Waals surface area contributed by atoms with Crippen LogP contribution < -0.4 is 10.9 Å². The van der Waals surface area contributed by atoms with Crippen LogP contribution in [0.5, 0.6) is 0 Å². The van der Waals surface area contributed by atoms with E-state index in [1.165, 1.54) is 11.8 Å². The van der Waals surface area contributed by atoms with Gasteiger partial charge >= 0.3 is 0 Å². The third kappa shape index (κ3) is 4.85. The Hall–Kier alpha value is -3.13. The number of rotatable bonds is 5. The molecule has 0 radical (unpaired) electrons. The van der Waals surface area contributed by atoms with Crippen LogP contribution in [0.15, 0.2) is 58.5 Å². The molecule has 4 rings (SSSR count). The number of aromatic nitrogens is 2. The van der Waals surface area contributed by atoms with Crippen molar-refractivity contribution >= 4 is 34.5 Å². The lowest BCUT2D eigenvalue weighted by molar-refractivity contribution is -0.130. The molecule has 166 valence electrons. The standard InChI is InChI=1S/C24H26N4O3S/c1-16-7-9-19(10-8-16)28-23(31)20-5-3-4-6-21(20)26-24(28)32-15-22(30)25-18-11-13-27(14-12-18)17(2)29/h3-10,18H,11-15H2,1-2H3,(H,25,30). The maximum atomic E-state index is 13.3. The second-order valence-corrected chi connectivity index (χ2v) is 8.97. The molecular weight excluding hydrogens is 424 g/mol. The van der Waals surface area contributed by atoms with E-state index in [2.05, 4.69) is 10.3 Å². The summed E-state index contributed by atoms with van der Waals surface area (Å²) in [5.41, 5.74) is 2.28. The number of fused-ring (bicyclic) bond motifs is 1. The lowest BCUT2D eigenvalue weighted by atomic mass is 10.1. The normalized spacial score (nSPS) is 14.5. The predicted octanol–water partition coefficient (Wildman–Crippen LogP) is 2.91. The maximum Gasteiger partial charge on any atom is 0.266 e. The average Bonchev–Trinajstić information content (AvgIpc) is 2.79. The average molecular weight is 451 g/mol. The molecule has 1 aliphatic heterocycles. The Bertz CT molecular complexity index is 1200. The van der Waals surface area contributed by atoms with E-state index in [1.807, 2.05) is 49.4 Å². The number of nitrogens with one attached hydrogen (secondary N) is 1. The highest BCUT2D eigenvalue weighted by molar-refractivity contribution is 7.99. The molecule has 0 saturated carbocycles. The Labute approximate surface area is 190 Å². The molecule has 0 spiro atoms. The molecule has 1 fully saturated rings. The van der Waals surface area contributed by atoms with Crippen LogP contribution >= 0.6 is 11.8 Å². The number of aryl methyl sites for hydroxylation is 1. The van der Waals surface area contributed by atoms with Crippen LogP contribution in [0.2, 0.25) is 0 Å². The summed E-state index contributed by atoms with van der Waals surface area (Å²) in [5.74, 6) is 0.125. The molecule has 0 aliphatic carbocycles. The summed E-state index contributed by atoms with van der Waals surface area (Å²) in [6.07, 6.45) is 1.50. The molecule has 1 aromatic heterocycles. The number of amides is 2. The number of hydrogen-bond donors (Lipinski definition) is 1. The van der Waals surface area contributed by atoms with Gasteiger partial charge in [-0.25, -0.2) is 4.98 Å². The van der Waals surface area contributed by atoms with E-state index in [9.17, 15) is 14.4 Å². The fourth-order valence-electron chi connectivity index (χ4n) is 3.87. The number of para-hydroxylation sites is 1. The van der Waals surface area contributed by atoms with Crippen molar-refractivity contribution in [2.45, 2.75) is 37.9 Å². The fraction of sp³-hybridized carbons (Fsp3) is 0.333. The highest BCUT2D eigenvalue weighted by atomic mass is 32.2. The van der Waals surface area contributed by atoms with Gasteiger partial charge in [0.1, 0.15) is 0 Å². The summed E-state index contributed by atoms with van der Waals surface area (Å²) in [6.45, 7) is 4.88. The van der Waals surface area contributed by atoms with E-state index in [-0.39, 0.29) is 29.2 Å². The number of nitrogens with zero attached hydrogens (tertiary/aromatic N) is 3. The Kier molecular flexibility index (Phi) is 6.60. The topological polar surface area (TPSA) is 84.3 Å². The fourth-order valence-corrected chi connectivity index (χ4v) is 4.69. The van der Waals surface area contributed by atoms with Gasteiger partial charge in [0.05, 0.1) is 22.3 Å². The molecule has 1 N–H and O–H groups in total. The molecule has 1 saturated heterocycles. The molecule has 0 atom stereocenters. The molecule has 1 aliphatic rings. The predicted molar refractivity (Wildman–Crippen MR) is 126 cm³/mol. The highest BCUT2D eigenvalue weighted by Gasteiger charge is 2.22. The Morgan fingerprint density at radius 1 is 1.09 bits per heavy atom. The smallest absolute Gasteiger partial charge is 0.266 e. The van der Waals surface area contributed by atoms with E-state index < -0.39 is 0 Å². The summed E-state index contributed by atoms with van der Waals surface area (Å²) in [4.78, 5) is 43.8. The molecule has 2 aromatic carbocycles. The van der Waals surface area contributed by atoms with Gasteiger partial charge in [-0.2, -0.15) is 0 Å². The van der Waals surface area contributed by atoms with E-state index in [0.717, 1.165) is 24.1 Å². The Morgan fingerprint density at radius 2 is 1.78 bits per heavy atom. The van der Waals surface area contributed by atoms with Crippen LogP contribution in [0, 0.1) is 6.92 Å². The summed E-state index contributed by atoms with van der Waals surface area (Å²) in [6, 6.07) is 15.0. The number of carbonyl (C=O) groups is 2. The van der Waals surface area contributed by atoms with E-state index in [1.54, 1.807) is 22.5 Å². The third-order valence-corrected chi connectivity index (χ3v) is 6.61. The first-order valence-electron chi connectivity index (χ1n) is 10.7. The Morgan fingerprint density at radius 3 is 2.47 bits per heavy atom. The monoisotopic (exact) mass is 450 g/mol. The number of thioether (sulfide) groups is 1. The molecule has 2 heterocycles. The molecule has 3 aromatic rings. The summed E-state index contributed by atoms with van der Waals surface area (Å²) >= 11 is 1.25. The molecular formula is C24H26N4O3S. The molecule has 7 nitrogen and oxygen atoms in total. The van der Waals surface area contributed by atoms with Crippen LogP contribution in [-0.2, 0) is 9.59 Å². The second-order valence-electron chi connectivity index (χ2n) is 8.02. The number of piperidine rings is 1. The first-order valence-corrected chi connectivity index (χ1v) is 11.7. The van der Waals surface area contributed by atoms with Crippen molar-refractivity contribution in [1.29, 1.82) is 0 Å². The lowest BCUT2D eigenvalue weighted by Gasteiger charge is -2.31. The maximum absolute atomic E-state index is 13.3. The van der Waals surface area contributed by atoms with Gasteiger partial charge < -0.3 is 10.2 Å². The molecule has 0 unspecified atom stereocenters. The van der Waals surface area contributed by atoms with Gasteiger partial charge in [-0.1, -0.05) is 41.6 Å². The lowest BCUT2D eigenvalue weighted by Crippen LogP contribution is -2.46. The molecule has 32 heavy (non-hydrogen) atoms. The van der Waals surface area contributed by atoms with Gasteiger partial charge in [-0.05, 0) is 44.0 Å². The van der Waals surface area contributed by atoms with Gasteiger partial charge in [0.2, 0.25) is 11.8 Å². The van der Waals surface area contributed by atoms with Gasteiger partial charge in [0.25, 0.3) is 5.56 Å². The van der Waals surface area contributed by atoms with Crippen molar-refractivity contribution in [3.8, 4) is 5.69 Å². The zero-order valence-electron chi connectivity index (χ0n) is 18.2. The van der Waals surface area contributed by atoms with Crippen LogP contribution in [-0.4, -0.2) is 51.1 Å². The SMILES string of the molecule is CC(=O)N1CCC(NC(=O)CSc2nc3ccccc3c(=O)n2-c2ccc(C)cc2)CC1. The minimum Gasteiger partial charge on any atom is -0.353 e. The van der Waals surface area contributed by atoms with Crippen molar-refractivity contribution < 1.29 is 9.59 Å². The van der Waals surface area contributed by atoms with Crippen molar-refractivity contribution in [3.63, 3.8) is 0 Å². The summed E-state index contributed by atoms with van der Waals surface area (Å²) in [5, 5.41) is 4.08. The number of likely N-dealkylation sites (tertiary alicyclic amines) is 1. The van der Waals surface area contributed by atoms with Crippen molar-refractivity contribution in [3.05, 3.63) is 64.4 Å². The molecule has 0 bridgehead atoms. The highest BCUT2D eigenvalue weighted by Crippen LogP contribution is 2.22. The van der Waals surface area contributed by atoms with Gasteiger partial charge in [0, 0.05) is 26.1 Å². The number of carbonyl (C=O) groups excluding carboxylic acids is 2. The van der Waals surface area contributed by atoms with E-state index in [4.69, 9.17) is 0 Å². The third-order valence-electron chi connectivity index (χ3n) is 5.67. The zero-order valence-corrected chi connectivity index (χ0v) is 19.0. The van der Waals surface area contributed by atoms with Gasteiger partial charge in [-0.15, -0.1) is 0 Å². The van der Waals surface area contributed by atoms with Crippen LogP contribution in [0.4, 0.5) is 0 Å². The van der Waals surface area contributed by atoms with Crippen LogP contribution in [0.1, 0.15) is 25.3 Å². The van der Waals surface area contributed by atoms with Crippen LogP contribution in [0.25, 0.3) is 16.6 Å². The summed E-state index contributed by atoms with van der Waals surface area (Å²) < 4.78 is 1.57. The van der Waals surface area contributed by atoms with Crippen LogP contribution in [0.3, 0.4) is 0 Å². The number of benzene rings is 2. The number of hydrogen-bond acceptors (Lipinski definition) is 5.